The van der Waals surface area contributed by atoms with E-state index in [9.17, 15) is 5.11 Å². The largest absolute Gasteiger partial charge is 0.392 e. The predicted octanol–water partition coefficient (Wildman–Crippen LogP) is -0.223. The zero-order chi connectivity index (χ0) is 7.11. The molecule has 0 heterocycles. The molecule has 3 heteroatoms. The summed E-state index contributed by atoms with van der Waals surface area (Å²) in [5.41, 5.74) is 0. The van der Waals surface area contributed by atoms with Gasteiger partial charge in [-0.25, -0.2) is 5.11 Å². The van der Waals surface area contributed by atoms with Crippen LogP contribution in [0.25, 0.3) is 0 Å². The van der Waals surface area contributed by atoms with Crippen molar-refractivity contribution in [3.63, 3.8) is 0 Å². The lowest BCUT2D eigenvalue weighted by Gasteiger charge is -2.03. The van der Waals surface area contributed by atoms with Crippen molar-refractivity contribution in [2.45, 2.75) is 19.4 Å². The van der Waals surface area contributed by atoms with Gasteiger partial charge in [0.1, 0.15) is 0 Å². The first-order chi connectivity index (χ1) is 4.27. The van der Waals surface area contributed by atoms with Gasteiger partial charge in [-0.05, 0) is 19.9 Å². The molecule has 0 aromatic carbocycles. The number of hydrogen-bond acceptors (Lipinski definition) is 2. The van der Waals surface area contributed by atoms with Gasteiger partial charge in [0.05, 0.1) is 12.7 Å². The van der Waals surface area contributed by atoms with E-state index in [1.165, 1.54) is 0 Å². The van der Waals surface area contributed by atoms with Gasteiger partial charge in [0.15, 0.2) is 0 Å². The number of rotatable bonds is 5. The summed E-state index contributed by atoms with van der Waals surface area (Å²) in [6.07, 6.45) is 0.337. The van der Waals surface area contributed by atoms with Gasteiger partial charge in [0.2, 0.25) is 0 Å². The molecule has 1 atom stereocenters. The molecule has 55 valence electrons. The number of nitrogens with one attached hydrogen (secondary N) is 1. The highest BCUT2D eigenvalue weighted by Crippen LogP contribution is 1.76. The van der Waals surface area contributed by atoms with Gasteiger partial charge in [-0.1, -0.05) is 0 Å². The van der Waals surface area contributed by atoms with Crippen LogP contribution in [0, 0.1) is 0 Å². The van der Waals surface area contributed by atoms with E-state index in [0.717, 1.165) is 0 Å². The molecule has 0 aliphatic carbocycles. The highest BCUT2D eigenvalue weighted by Gasteiger charge is 1.91. The summed E-state index contributed by atoms with van der Waals surface area (Å²) in [5, 5.41) is 21.5. The molecule has 0 aliphatic heterocycles. The second-order valence-electron chi connectivity index (χ2n) is 2.11. The topological polar surface area (TPSA) is 52.2 Å². The van der Waals surface area contributed by atoms with E-state index in [2.05, 4.69) is 5.32 Å². The molecule has 0 aromatic heterocycles. The van der Waals surface area contributed by atoms with Gasteiger partial charge < -0.3 is 10.4 Å². The summed E-state index contributed by atoms with van der Waals surface area (Å²) < 4.78 is 0. The Kier molecular flexibility index (Phi) is 5.93. The molecule has 1 radical (unpaired) electrons. The van der Waals surface area contributed by atoms with Crippen molar-refractivity contribution in [3.8, 4) is 0 Å². The zero-order valence-electron chi connectivity index (χ0n) is 5.76. The van der Waals surface area contributed by atoms with Gasteiger partial charge in [0.25, 0.3) is 0 Å². The van der Waals surface area contributed by atoms with Crippen molar-refractivity contribution in [2.24, 2.45) is 0 Å². The van der Waals surface area contributed by atoms with Gasteiger partial charge >= 0.3 is 0 Å². The predicted molar refractivity (Wildman–Crippen MR) is 34.7 cm³/mol. The number of aliphatic hydroxyl groups excluding tert-OH is 1. The van der Waals surface area contributed by atoms with Crippen LogP contribution in [0.5, 0.6) is 0 Å². The van der Waals surface area contributed by atoms with Crippen LogP contribution in [0.4, 0.5) is 0 Å². The van der Waals surface area contributed by atoms with E-state index in [-0.39, 0.29) is 12.7 Å². The van der Waals surface area contributed by atoms with Crippen molar-refractivity contribution >= 4 is 0 Å². The first-order valence-corrected chi connectivity index (χ1v) is 3.24. The molecule has 3 nitrogen and oxygen atoms in total. The average Bonchev–Trinajstić information content (AvgIpc) is 1.80. The molecule has 0 saturated heterocycles. The number of hydrogen-bond donors (Lipinski definition) is 2. The van der Waals surface area contributed by atoms with Crippen molar-refractivity contribution in [1.29, 1.82) is 0 Å². The molecule has 0 spiro atoms. The van der Waals surface area contributed by atoms with Crippen molar-refractivity contribution < 1.29 is 10.2 Å². The minimum atomic E-state index is -0.309. The van der Waals surface area contributed by atoms with Crippen molar-refractivity contribution in [1.82, 2.24) is 5.32 Å². The quantitative estimate of drug-likeness (QED) is 0.508. The number of aliphatic hydroxyl groups is 1. The first-order valence-electron chi connectivity index (χ1n) is 3.24. The van der Waals surface area contributed by atoms with Gasteiger partial charge in [0, 0.05) is 6.54 Å². The fourth-order valence-corrected chi connectivity index (χ4v) is 0.508. The molecular weight excluding hydrogens is 118 g/mol. The smallest absolute Gasteiger partial charge is 0.0834 e. The maximum absolute atomic E-state index is 9.87. The average molecular weight is 132 g/mol. The van der Waals surface area contributed by atoms with E-state index in [1.807, 2.05) is 0 Å². The van der Waals surface area contributed by atoms with Gasteiger partial charge in [-0.3, -0.25) is 0 Å². The van der Waals surface area contributed by atoms with Crippen LogP contribution in [0.15, 0.2) is 0 Å². The molecule has 0 bridgehead atoms. The molecule has 1 unspecified atom stereocenters. The molecule has 9 heavy (non-hydrogen) atoms. The Bertz CT molecular complexity index is 57.0. The maximum atomic E-state index is 9.87. The highest BCUT2D eigenvalue weighted by atomic mass is 16.3. The Morgan fingerprint density at radius 1 is 1.67 bits per heavy atom. The monoisotopic (exact) mass is 132 g/mol. The molecule has 0 saturated carbocycles. The summed E-state index contributed by atoms with van der Waals surface area (Å²) in [4.78, 5) is 0. The Morgan fingerprint density at radius 3 is 2.78 bits per heavy atom. The minimum absolute atomic E-state index is 0.0349. The molecule has 0 fully saturated rings. The van der Waals surface area contributed by atoms with E-state index >= 15 is 0 Å². The summed E-state index contributed by atoms with van der Waals surface area (Å²) in [6, 6.07) is 0. The standard InChI is InChI=1S/C6H14NO2/c1-6(9)5-7-3-2-4-8/h6-7,9H,2-5H2,1H3. The molecule has 0 amide bonds. The summed E-state index contributed by atoms with van der Waals surface area (Å²) in [7, 11) is 0. The summed E-state index contributed by atoms with van der Waals surface area (Å²) >= 11 is 0. The Labute approximate surface area is 55.7 Å². The Hall–Kier alpha value is -0.120. The molecule has 0 rings (SSSR count). The van der Waals surface area contributed by atoms with Crippen LogP contribution >= 0.6 is 0 Å². The Balaban J connectivity index is 2.75. The van der Waals surface area contributed by atoms with E-state index in [4.69, 9.17) is 5.11 Å². The van der Waals surface area contributed by atoms with E-state index in [1.54, 1.807) is 6.92 Å². The third-order valence-electron chi connectivity index (χ3n) is 0.938. The van der Waals surface area contributed by atoms with Crippen LogP contribution in [-0.4, -0.2) is 30.9 Å². The van der Waals surface area contributed by atoms with Gasteiger partial charge in [-0.2, -0.15) is 0 Å². The summed E-state index contributed by atoms with van der Waals surface area (Å²) in [6.45, 7) is 2.98. The molecular formula is C6H14NO2. The SMILES string of the molecule is CC(O)CNCCC[O]. The second kappa shape index (κ2) is 6.01. The van der Waals surface area contributed by atoms with E-state index in [0.29, 0.717) is 19.5 Å². The van der Waals surface area contributed by atoms with Crippen LogP contribution in [0.1, 0.15) is 13.3 Å². The van der Waals surface area contributed by atoms with Crippen LogP contribution < -0.4 is 5.32 Å². The molecule has 0 aliphatic rings. The fourth-order valence-electron chi connectivity index (χ4n) is 0.508. The first kappa shape index (κ1) is 8.88. The zero-order valence-corrected chi connectivity index (χ0v) is 5.76. The third kappa shape index (κ3) is 7.88. The highest BCUT2D eigenvalue weighted by molar-refractivity contribution is 4.51. The molecule has 0 aromatic rings. The maximum Gasteiger partial charge on any atom is 0.0834 e. The van der Waals surface area contributed by atoms with Crippen molar-refractivity contribution in [3.05, 3.63) is 0 Å². The van der Waals surface area contributed by atoms with Crippen LogP contribution in [-0.2, 0) is 5.11 Å². The van der Waals surface area contributed by atoms with Crippen molar-refractivity contribution in [2.75, 3.05) is 19.7 Å². The lowest BCUT2D eigenvalue weighted by atomic mass is 10.4. The molecule has 2 N–H and O–H groups in total. The fraction of sp³-hybridized carbons (Fsp3) is 1.00. The van der Waals surface area contributed by atoms with E-state index < -0.39 is 0 Å². The lowest BCUT2D eigenvalue weighted by molar-refractivity contribution is 0.176. The summed E-state index contributed by atoms with van der Waals surface area (Å²) in [5.74, 6) is 0. The second-order valence-corrected chi connectivity index (χ2v) is 2.11. The third-order valence-corrected chi connectivity index (χ3v) is 0.938. The van der Waals surface area contributed by atoms with Gasteiger partial charge in [-0.15, -0.1) is 0 Å². The normalized spacial score (nSPS) is 13.7. The lowest BCUT2D eigenvalue weighted by Crippen LogP contribution is -2.25. The van der Waals surface area contributed by atoms with Crippen LogP contribution in [0.3, 0.4) is 0 Å². The van der Waals surface area contributed by atoms with Crippen LogP contribution in [0.2, 0.25) is 0 Å². The Morgan fingerprint density at radius 2 is 2.33 bits per heavy atom. The minimum Gasteiger partial charge on any atom is -0.392 e.